The number of carbonyl (C=O) groups excluding carboxylic acids is 2. The third kappa shape index (κ3) is 2.28. The van der Waals surface area contributed by atoms with Gasteiger partial charge in [0, 0.05) is 18.8 Å². The first-order chi connectivity index (χ1) is 7.97. The van der Waals surface area contributed by atoms with Crippen LogP contribution in [0, 0.1) is 6.92 Å². The molecule has 1 fully saturated rings. The number of aromatic nitrogens is 2. The minimum absolute atomic E-state index is 0.130. The Labute approximate surface area is 98.6 Å². The molecule has 1 aliphatic rings. The van der Waals surface area contributed by atoms with Crippen LogP contribution in [-0.2, 0) is 18.4 Å². The molecule has 7 heteroatoms. The van der Waals surface area contributed by atoms with Crippen molar-refractivity contribution in [2.45, 2.75) is 26.1 Å². The predicted molar refractivity (Wildman–Crippen MR) is 59.6 cm³/mol. The van der Waals surface area contributed by atoms with Crippen molar-refractivity contribution in [3.05, 3.63) is 17.5 Å². The number of amides is 3. The quantitative estimate of drug-likeness (QED) is 0.722. The van der Waals surface area contributed by atoms with Gasteiger partial charge in [0.2, 0.25) is 5.91 Å². The smallest absolute Gasteiger partial charge is 0.311 e. The van der Waals surface area contributed by atoms with Crippen LogP contribution in [0.5, 0.6) is 0 Å². The average Bonchev–Trinajstić information content (AvgIpc) is 2.51. The summed E-state index contributed by atoms with van der Waals surface area (Å²) in [5, 5.41) is 6.44. The molecule has 0 radical (unpaired) electrons. The van der Waals surface area contributed by atoms with Crippen molar-refractivity contribution >= 4 is 11.9 Å². The maximum Gasteiger partial charge on any atom is 0.325 e. The number of hydrogen-bond donors (Lipinski definition) is 2. The minimum Gasteiger partial charge on any atom is -0.311 e. The van der Waals surface area contributed by atoms with Gasteiger partial charge in [-0.1, -0.05) is 0 Å². The summed E-state index contributed by atoms with van der Waals surface area (Å²) in [5.41, 5.74) is 7.56. The molecule has 92 valence electrons. The first kappa shape index (κ1) is 11.6. The number of aryl methyl sites for hydroxylation is 2. The van der Waals surface area contributed by atoms with E-state index in [1.54, 1.807) is 4.68 Å². The van der Waals surface area contributed by atoms with Crippen molar-refractivity contribution in [1.29, 1.82) is 0 Å². The fourth-order valence-electron chi connectivity index (χ4n) is 1.87. The van der Waals surface area contributed by atoms with Gasteiger partial charge in [0.15, 0.2) is 0 Å². The molecule has 0 aliphatic carbocycles. The van der Waals surface area contributed by atoms with Gasteiger partial charge >= 0.3 is 6.03 Å². The van der Waals surface area contributed by atoms with Gasteiger partial charge in [-0.2, -0.15) is 5.10 Å². The number of nitrogens with zero attached hydrogens (tertiary/aromatic N) is 3. The highest BCUT2D eigenvalue weighted by Crippen LogP contribution is 2.13. The molecule has 0 spiro atoms. The largest absolute Gasteiger partial charge is 0.325 e. The Hall–Kier alpha value is -1.89. The highest BCUT2D eigenvalue weighted by molar-refractivity contribution is 5.97. The maximum atomic E-state index is 11.6. The van der Waals surface area contributed by atoms with E-state index < -0.39 is 12.2 Å². The van der Waals surface area contributed by atoms with Crippen LogP contribution in [0.15, 0.2) is 6.20 Å². The van der Waals surface area contributed by atoms with E-state index in [1.807, 2.05) is 20.2 Å². The third-order valence-electron chi connectivity index (χ3n) is 2.76. The number of imide groups is 1. The van der Waals surface area contributed by atoms with Crippen LogP contribution >= 0.6 is 0 Å². The van der Waals surface area contributed by atoms with Crippen LogP contribution in [-0.4, -0.2) is 32.8 Å². The minimum atomic E-state index is -0.573. The van der Waals surface area contributed by atoms with Crippen molar-refractivity contribution in [1.82, 2.24) is 20.0 Å². The molecule has 2 heterocycles. The van der Waals surface area contributed by atoms with E-state index in [1.165, 1.54) is 4.90 Å². The van der Waals surface area contributed by atoms with Crippen molar-refractivity contribution in [2.75, 3.05) is 0 Å². The molecule has 0 saturated carbocycles. The van der Waals surface area contributed by atoms with E-state index in [0.717, 1.165) is 11.3 Å². The zero-order valence-electron chi connectivity index (χ0n) is 9.80. The molecule has 1 aromatic rings. The van der Waals surface area contributed by atoms with Crippen LogP contribution < -0.4 is 11.1 Å². The molecule has 0 bridgehead atoms. The van der Waals surface area contributed by atoms with Gasteiger partial charge in [0.05, 0.1) is 24.8 Å². The molecule has 3 amide bonds. The molecular formula is C10H15N5O2. The average molecular weight is 237 g/mol. The Morgan fingerprint density at radius 2 is 2.29 bits per heavy atom. The number of carbonyl (C=O) groups is 2. The van der Waals surface area contributed by atoms with Gasteiger partial charge in [-0.25, -0.2) is 4.79 Å². The molecule has 3 N–H and O–H groups in total. The van der Waals surface area contributed by atoms with Gasteiger partial charge in [-0.15, -0.1) is 0 Å². The lowest BCUT2D eigenvalue weighted by molar-refractivity contribution is -0.122. The molecule has 0 aromatic carbocycles. The molecule has 1 aliphatic heterocycles. The van der Waals surface area contributed by atoms with Crippen LogP contribution in [0.3, 0.4) is 0 Å². The Bertz CT molecular complexity index is 467. The lowest BCUT2D eigenvalue weighted by Crippen LogP contribution is -2.57. The first-order valence-corrected chi connectivity index (χ1v) is 5.32. The molecular weight excluding hydrogens is 222 g/mol. The van der Waals surface area contributed by atoms with Crippen LogP contribution in [0.4, 0.5) is 4.79 Å². The normalized spacial score (nSPS) is 20.6. The van der Waals surface area contributed by atoms with E-state index in [2.05, 4.69) is 10.4 Å². The van der Waals surface area contributed by atoms with Gasteiger partial charge in [-0.05, 0) is 6.92 Å². The summed E-state index contributed by atoms with van der Waals surface area (Å²) in [6, 6.07) is -0.447. The van der Waals surface area contributed by atoms with E-state index in [0.29, 0.717) is 6.54 Å². The second-order valence-electron chi connectivity index (χ2n) is 4.17. The number of nitrogens with one attached hydrogen (secondary N) is 1. The fourth-order valence-corrected chi connectivity index (χ4v) is 1.87. The van der Waals surface area contributed by atoms with Crippen molar-refractivity contribution in [3.8, 4) is 0 Å². The second-order valence-corrected chi connectivity index (χ2v) is 4.17. The van der Waals surface area contributed by atoms with E-state index in [9.17, 15) is 9.59 Å². The standard InChI is InChI=1S/C10H15N5O2/c1-6-7(4-14(2)13-6)5-15-8(11)3-9(16)12-10(15)17/h4,8H,3,5,11H2,1-2H3,(H,12,16,17). The Morgan fingerprint density at radius 3 is 2.82 bits per heavy atom. The summed E-state index contributed by atoms with van der Waals surface area (Å²) >= 11 is 0. The third-order valence-corrected chi connectivity index (χ3v) is 2.76. The van der Waals surface area contributed by atoms with Crippen molar-refractivity contribution in [2.24, 2.45) is 12.8 Å². The SMILES string of the molecule is Cc1nn(C)cc1CN1C(=O)NC(=O)CC1N. The van der Waals surface area contributed by atoms with Gasteiger partial charge < -0.3 is 10.6 Å². The Kier molecular flexibility index (Phi) is 2.84. The summed E-state index contributed by atoms with van der Waals surface area (Å²) in [5.74, 6) is -0.332. The Balaban J connectivity index is 2.15. The zero-order valence-corrected chi connectivity index (χ0v) is 9.80. The second kappa shape index (κ2) is 4.17. The maximum absolute atomic E-state index is 11.6. The molecule has 1 aromatic heterocycles. The Morgan fingerprint density at radius 1 is 1.59 bits per heavy atom. The summed E-state index contributed by atoms with van der Waals surface area (Å²) < 4.78 is 1.68. The van der Waals surface area contributed by atoms with Gasteiger partial charge in [0.1, 0.15) is 0 Å². The molecule has 1 saturated heterocycles. The lowest BCUT2D eigenvalue weighted by atomic mass is 10.2. The predicted octanol–water partition coefficient (Wildman–Crippen LogP) is -0.545. The number of rotatable bonds is 2. The van der Waals surface area contributed by atoms with E-state index in [-0.39, 0.29) is 12.3 Å². The zero-order chi connectivity index (χ0) is 12.6. The first-order valence-electron chi connectivity index (χ1n) is 5.32. The molecule has 17 heavy (non-hydrogen) atoms. The highest BCUT2D eigenvalue weighted by atomic mass is 16.2. The summed E-state index contributed by atoms with van der Waals surface area (Å²) in [4.78, 5) is 24.2. The van der Waals surface area contributed by atoms with Gasteiger partial charge in [0.25, 0.3) is 0 Å². The number of urea groups is 1. The van der Waals surface area contributed by atoms with E-state index >= 15 is 0 Å². The summed E-state index contributed by atoms with van der Waals surface area (Å²) in [6.45, 7) is 2.23. The molecule has 2 rings (SSSR count). The topological polar surface area (TPSA) is 93.2 Å². The number of hydrogen-bond acceptors (Lipinski definition) is 4. The van der Waals surface area contributed by atoms with Crippen LogP contribution in [0.2, 0.25) is 0 Å². The summed E-state index contributed by atoms with van der Waals surface area (Å²) in [7, 11) is 1.82. The monoisotopic (exact) mass is 237 g/mol. The van der Waals surface area contributed by atoms with Crippen molar-refractivity contribution < 1.29 is 9.59 Å². The van der Waals surface area contributed by atoms with Gasteiger partial charge in [-0.3, -0.25) is 14.8 Å². The summed E-state index contributed by atoms with van der Waals surface area (Å²) in [6.07, 6.45) is 1.40. The molecule has 7 nitrogen and oxygen atoms in total. The fraction of sp³-hybridized carbons (Fsp3) is 0.500. The van der Waals surface area contributed by atoms with Crippen molar-refractivity contribution in [3.63, 3.8) is 0 Å². The lowest BCUT2D eigenvalue weighted by Gasteiger charge is -2.32. The van der Waals surface area contributed by atoms with E-state index in [4.69, 9.17) is 5.73 Å². The molecule has 1 atom stereocenters. The van der Waals surface area contributed by atoms with Crippen LogP contribution in [0.1, 0.15) is 17.7 Å². The number of nitrogens with two attached hydrogens (primary N) is 1. The van der Waals surface area contributed by atoms with Crippen LogP contribution in [0.25, 0.3) is 0 Å². The molecule has 1 unspecified atom stereocenters. The highest BCUT2D eigenvalue weighted by Gasteiger charge is 2.30.